The van der Waals surface area contributed by atoms with Gasteiger partial charge in [-0.3, -0.25) is 4.79 Å². The highest BCUT2D eigenvalue weighted by Gasteiger charge is 2.50. The molecule has 1 N–H and O–H groups in total. The molecular weight excluding hydrogens is 389 g/mol. The first-order valence-corrected chi connectivity index (χ1v) is 9.84. The summed E-state index contributed by atoms with van der Waals surface area (Å²) in [6.45, 7) is 5.78. The number of ether oxygens (including phenoxy) is 1. The van der Waals surface area contributed by atoms with E-state index in [4.69, 9.17) is 4.74 Å². The first kappa shape index (κ1) is 20.1. The summed E-state index contributed by atoms with van der Waals surface area (Å²) < 4.78 is 20.4. The molecule has 2 aliphatic rings. The molecule has 1 fully saturated rings. The van der Waals surface area contributed by atoms with E-state index in [0.717, 1.165) is 16.8 Å². The van der Waals surface area contributed by atoms with Crippen LogP contribution in [-0.2, 0) is 16.0 Å². The topological polar surface area (TPSA) is 84.7 Å². The number of nitrogens with zero attached hydrogens (tertiary/aromatic N) is 3. The Labute approximate surface area is 173 Å². The number of rotatable bonds is 2. The van der Waals surface area contributed by atoms with Gasteiger partial charge in [-0.15, -0.1) is 0 Å². The van der Waals surface area contributed by atoms with Crippen molar-refractivity contribution in [3.8, 4) is 5.69 Å². The number of halogens is 1. The number of fused-ring (bicyclic) bond motifs is 2. The van der Waals surface area contributed by atoms with E-state index in [-0.39, 0.29) is 18.8 Å². The van der Waals surface area contributed by atoms with Crippen molar-refractivity contribution >= 4 is 18.1 Å². The number of piperidine rings is 1. The lowest BCUT2D eigenvalue weighted by atomic mass is 9.68. The first-order valence-electron chi connectivity index (χ1n) is 9.84. The average Bonchev–Trinajstić information content (AvgIpc) is 3.07. The van der Waals surface area contributed by atoms with Crippen LogP contribution in [0.4, 0.5) is 9.18 Å². The van der Waals surface area contributed by atoms with Crippen LogP contribution in [0.2, 0.25) is 0 Å². The minimum absolute atomic E-state index is 0.0459. The molecule has 1 atom stereocenters. The maximum atomic E-state index is 13.3. The second-order valence-electron chi connectivity index (χ2n) is 8.83. The van der Waals surface area contributed by atoms with Crippen LogP contribution in [0.15, 0.2) is 36.0 Å². The summed E-state index contributed by atoms with van der Waals surface area (Å²) in [5.41, 5.74) is 1.16. The van der Waals surface area contributed by atoms with Crippen molar-refractivity contribution in [3.05, 3.63) is 53.1 Å². The zero-order valence-electron chi connectivity index (χ0n) is 17.2. The average molecular weight is 413 g/mol. The molecule has 1 aliphatic carbocycles. The number of hydrogen-bond acceptors (Lipinski definition) is 4. The minimum Gasteiger partial charge on any atom is -0.481 e. The molecule has 2 aromatic rings. The second-order valence-corrected chi connectivity index (χ2v) is 8.83. The smallest absolute Gasteiger partial charge is 0.410 e. The third-order valence-corrected chi connectivity index (χ3v) is 5.55. The largest absolute Gasteiger partial charge is 0.481 e. The third-order valence-electron chi connectivity index (χ3n) is 5.55. The van der Waals surface area contributed by atoms with E-state index < -0.39 is 23.1 Å². The van der Waals surface area contributed by atoms with E-state index in [2.05, 4.69) is 5.10 Å². The fourth-order valence-corrected chi connectivity index (χ4v) is 4.10. The highest BCUT2D eigenvalue weighted by molar-refractivity contribution is 5.85. The van der Waals surface area contributed by atoms with Gasteiger partial charge in [0.2, 0.25) is 0 Å². The molecule has 0 bridgehead atoms. The number of carbonyl (C=O) groups is 2. The van der Waals surface area contributed by atoms with Crippen LogP contribution in [-0.4, -0.2) is 50.5 Å². The van der Waals surface area contributed by atoms with Gasteiger partial charge in [-0.25, -0.2) is 13.9 Å². The number of aromatic nitrogens is 2. The number of benzene rings is 1. The van der Waals surface area contributed by atoms with Crippen molar-refractivity contribution in [2.75, 3.05) is 13.1 Å². The van der Waals surface area contributed by atoms with E-state index in [1.165, 1.54) is 17.0 Å². The summed E-state index contributed by atoms with van der Waals surface area (Å²) in [6, 6.07) is 5.98. The van der Waals surface area contributed by atoms with Crippen LogP contribution < -0.4 is 0 Å². The summed E-state index contributed by atoms with van der Waals surface area (Å²) in [7, 11) is 0. The molecule has 1 aliphatic heterocycles. The Kier molecular flexibility index (Phi) is 4.67. The Hall–Kier alpha value is -3.16. The van der Waals surface area contributed by atoms with Crippen LogP contribution in [0.5, 0.6) is 0 Å². The number of amides is 1. The molecular formula is C22H24FN3O4. The Morgan fingerprint density at radius 3 is 2.57 bits per heavy atom. The van der Waals surface area contributed by atoms with Crippen molar-refractivity contribution in [1.29, 1.82) is 0 Å². The van der Waals surface area contributed by atoms with Crippen LogP contribution in [0, 0.1) is 11.2 Å². The number of hydrogen-bond donors (Lipinski definition) is 1. The van der Waals surface area contributed by atoms with Crippen molar-refractivity contribution in [2.45, 2.75) is 39.2 Å². The lowest BCUT2D eigenvalue weighted by molar-refractivity contribution is -0.148. The molecule has 2 heterocycles. The predicted octanol–water partition coefficient (Wildman–Crippen LogP) is 3.66. The van der Waals surface area contributed by atoms with Gasteiger partial charge in [-0.1, -0.05) is 0 Å². The van der Waals surface area contributed by atoms with Crippen LogP contribution in [0.3, 0.4) is 0 Å². The number of aliphatic carboxylic acids is 1. The summed E-state index contributed by atoms with van der Waals surface area (Å²) in [5.74, 6) is -1.31. The van der Waals surface area contributed by atoms with Crippen molar-refractivity contribution < 1.29 is 23.8 Å². The van der Waals surface area contributed by atoms with E-state index in [0.29, 0.717) is 18.7 Å². The fourth-order valence-electron chi connectivity index (χ4n) is 4.10. The Morgan fingerprint density at radius 2 is 1.93 bits per heavy atom. The second kappa shape index (κ2) is 6.97. The maximum absolute atomic E-state index is 13.3. The summed E-state index contributed by atoms with van der Waals surface area (Å²) in [4.78, 5) is 26.4. The van der Waals surface area contributed by atoms with Gasteiger partial charge < -0.3 is 14.7 Å². The molecule has 1 amide bonds. The normalized spacial score (nSPS) is 20.8. The number of likely N-dealkylation sites (tertiary alicyclic amines) is 1. The Bertz CT molecular complexity index is 1040. The van der Waals surface area contributed by atoms with Crippen molar-refractivity contribution in [3.63, 3.8) is 0 Å². The lowest BCUT2D eigenvalue weighted by Gasteiger charge is -2.43. The zero-order chi connectivity index (χ0) is 21.7. The molecule has 1 aromatic heterocycles. The Morgan fingerprint density at radius 1 is 1.23 bits per heavy atom. The predicted molar refractivity (Wildman–Crippen MR) is 108 cm³/mol. The zero-order valence-corrected chi connectivity index (χ0v) is 17.2. The maximum Gasteiger partial charge on any atom is 0.410 e. The summed E-state index contributed by atoms with van der Waals surface area (Å²) in [6.07, 6.45) is 3.65. The molecule has 8 heteroatoms. The number of carboxylic acid groups (broad SMARTS) is 1. The number of carboxylic acids is 1. The third kappa shape index (κ3) is 3.46. The quantitative estimate of drug-likeness (QED) is 0.812. The van der Waals surface area contributed by atoms with Gasteiger partial charge >= 0.3 is 12.1 Å². The molecule has 158 valence electrons. The Balaban J connectivity index is 1.68. The molecule has 1 aromatic carbocycles. The van der Waals surface area contributed by atoms with Gasteiger partial charge in [-0.2, -0.15) is 5.10 Å². The van der Waals surface area contributed by atoms with Gasteiger partial charge in [0.05, 0.1) is 17.6 Å². The molecule has 30 heavy (non-hydrogen) atoms. The van der Waals surface area contributed by atoms with E-state index >= 15 is 0 Å². The monoisotopic (exact) mass is 413 g/mol. The van der Waals surface area contributed by atoms with Gasteiger partial charge in [0.15, 0.2) is 0 Å². The molecule has 4 rings (SSSR count). The van der Waals surface area contributed by atoms with Crippen LogP contribution >= 0.6 is 0 Å². The van der Waals surface area contributed by atoms with Gasteiger partial charge in [0, 0.05) is 13.1 Å². The SMILES string of the molecule is CC(C)(C)OC(=O)N1CCC2=Cc3c(cnn3-c3ccc(F)cc3)C[C@]2(C(=O)O)C1. The molecule has 0 saturated carbocycles. The highest BCUT2D eigenvalue weighted by Crippen LogP contribution is 2.44. The van der Waals surface area contributed by atoms with E-state index in [9.17, 15) is 19.1 Å². The molecule has 0 unspecified atom stereocenters. The van der Waals surface area contributed by atoms with E-state index in [1.54, 1.807) is 43.8 Å². The standard InChI is InChI=1S/C22H24FN3O4/c1-21(2,3)30-20(29)25-9-8-15-10-18-14(11-22(15,13-25)19(27)28)12-24-26(18)17-6-4-16(23)5-7-17/h4-7,10,12H,8-9,11,13H2,1-3H3,(H,27,28)/t22-/m0/s1. The van der Waals surface area contributed by atoms with Gasteiger partial charge in [-0.05, 0) is 75.1 Å². The molecule has 7 nitrogen and oxygen atoms in total. The first-order chi connectivity index (χ1) is 14.1. The fraction of sp³-hybridized carbons (Fsp3) is 0.409. The molecule has 0 spiro atoms. The van der Waals surface area contributed by atoms with Crippen molar-refractivity contribution in [1.82, 2.24) is 14.7 Å². The van der Waals surface area contributed by atoms with Crippen molar-refractivity contribution in [2.24, 2.45) is 5.41 Å². The molecule has 1 saturated heterocycles. The highest BCUT2D eigenvalue weighted by atomic mass is 19.1. The molecule has 0 radical (unpaired) electrons. The summed E-state index contributed by atoms with van der Waals surface area (Å²) >= 11 is 0. The van der Waals surface area contributed by atoms with Gasteiger partial charge in [0.25, 0.3) is 0 Å². The number of carbonyl (C=O) groups excluding carboxylic acids is 1. The van der Waals surface area contributed by atoms with Gasteiger partial charge in [0.1, 0.15) is 16.8 Å². The minimum atomic E-state index is -1.21. The lowest BCUT2D eigenvalue weighted by Crippen LogP contribution is -2.54. The summed E-state index contributed by atoms with van der Waals surface area (Å²) in [5, 5.41) is 14.5. The van der Waals surface area contributed by atoms with Crippen LogP contribution in [0.25, 0.3) is 11.8 Å². The van der Waals surface area contributed by atoms with E-state index in [1.807, 2.05) is 6.08 Å². The van der Waals surface area contributed by atoms with Crippen LogP contribution in [0.1, 0.15) is 38.4 Å².